The smallest absolute Gasteiger partial charge is 0.338 e. The second kappa shape index (κ2) is 20.1. The minimum absolute atomic E-state index is 0.0248. The second-order valence-electron chi connectivity index (χ2n) is 14.1. The monoisotopic (exact) mass is 885 g/mol. The van der Waals surface area contributed by atoms with Gasteiger partial charge in [-0.3, -0.25) is 4.79 Å². The summed E-state index contributed by atoms with van der Waals surface area (Å²) in [5.74, 6) is -2.84. The summed E-state index contributed by atoms with van der Waals surface area (Å²) >= 11 is 18.1. The number of aliphatic hydroxyl groups is 1. The molecule has 3 heterocycles. The number of amides is 1. The van der Waals surface area contributed by atoms with Gasteiger partial charge in [-0.2, -0.15) is 0 Å². The van der Waals surface area contributed by atoms with Crippen molar-refractivity contribution in [2.24, 2.45) is 0 Å². The number of benzene rings is 4. The summed E-state index contributed by atoms with van der Waals surface area (Å²) in [4.78, 5) is 41.1. The number of hydrogen-bond acceptors (Lipinski definition) is 13. The molecule has 2 N–H and O–H groups in total. The number of alkyl halides is 3. The lowest BCUT2D eigenvalue weighted by Gasteiger charge is -2.51. The van der Waals surface area contributed by atoms with Gasteiger partial charge >= 0.3 is 11.9 Å². The van der Waals surface area contributed by atoms with E-state index in [1.807, 2.05) is 30.3 Å². The molecule has 14 nitrogen and oxygen atoms in total. The molecule has 4 aromatic rings. The van der Waals surface area contributed by atoms with Gasteiger partial charge in [0, 0.05) is 12.7 Å². The Morgan fingerprint density at radius 3 is 1.97 bits per heavy atom. The molecule has 0 aliphatic carbocycles. The molecule has 0 saturated carbocycles. The molecule has 4 aromatic carbocycles. The molecule has 0 bridgehead atoms. The molecule has 11 atom stereocenters. The Labute approximate surface area is 360 Å². The maximum atomic E-state index is 13.9. The number of methoxy groups -OCH3 is 1. The first-order chi connectivity index (χ1) is 29.0. The summed E-state index contributed by atoms with van der Waals surface area (Å²) in [6.45, 7) is -0.267. The first-order valence-corrected chi connectivity index (χ1v) is 20.1. The van der Waals surface area contributed by atoms with Crippen LogP contribution < -0.4 is 5.32 Å². The zero-order chi connectivity index (χ0) is 42.2. The number of rotatable bonds is 13. The molecule has 3 fully saturated rings. The molecule has 0 radical (unpaired) electrons. The molecule has 318 valence electrons. The van der Waals surface area contributed by atoms with Gasteiger partial charge in [0.25, 0.3) is 9.70 Å². The largest absolute Gasteiger partial charge is 0.459 e. The third-order valence-electron chi connectivity index (χ3n) is 10.0. The van der Waals surface area contributed by atoms with Gasteiger partial charge in [0.05, 0.1) is 18.8 Å². The van der Waals surface area contributed by atoms with E-state index in [-0.39, 0.29) is 25.4 Å². The Morgan fingerprint density at radius 2 is 1.35 bits per heavy atom. The molecule has 1 unspecified atom stereocenters. The lowest BCUT2D eigenvalue weighted by Crippen LogP contribution is -2.70. The van der Waals surface area contributed by atoms with Crippen LogP contribution in [0, 0.1) is 0 Å². The van der Waals surface area contributed by atoms with E-state index in [4.69, 9.17) is 77.4 Å². The van der Waals surface area contributed by atoms with Crippen molar-refractivity contribution in [3.8, 4) is 0 Å². The highest BCUT2D eigenvalue weighted by molar-refractivity contribution is 6.76. The number of fused-ring (bicyclic) bond motifs is 1. The zero-order valence-electron chi connectivity index (χ0n) is 32.0. The van der Waals surface area contributed by atoms with E-state index in [0.717, 1.165) is 0 Å². The van der Waals surface area contributed by atoms with Gasteiger partial charge in [0.15, 0.2) is 31.1 Å². The van der Waals surface area contributed by atoms with Crippen LogP contribution in [0.2, 0.25) is 0 Å². The van der Waals surface area contributed by atoms with Crippen LogP contribution in [0.1, 0.15) is 33.3 Å². The zero-order valence-corrected chi connectivity index (χ0v) is 34.3. The number of esters is 2. The maximum Gasteiger partial charge on any atom is 0.338 e. The first-order valence-electron chi connectivity index (χ1n) is 19.0. The van der Waals surface area contributed by atoms with Gasteiger partial charge in [-0.05, 0) is 23.3 Å². The minimum atomic E-state index is -2.44. The molecule has 3 aliphatic rings. The van der Waals surface area contributed by atoms with Crippen molar-refractivity contribution in [2.45, 2.75) is 84.6 Å². The lowest BCUT2D eigenvalue weighted by molar-refractivity contribution is -0.375. The summed E-state index contributed by atoms with van der Waals surface area (Å²) in [5, 5.41) is 14.6. The van der Waals surface area contributed by atoms with Crippen molar-refractivity contribution in [3.05, 3.63) is 144 Å². The predicted molar refractivity (Wildman–Crippen MR) is 214 cm³/mol. The molecule has 60 heavy (non-hydrogen) atoms. The fraction of sp³-hybridized carbons (Fsp3) is 0.372. The molecule has 3 aliphatic heterocycles. The Kier molecular flexibility index (Phi) is 14.7. The van der Waals surface area contributed by atoms with Crippen molar-refractivity contribution in [2.75, 3.05) is 13.7 Å². The standard InChI is InChI=1S/C43H42Cl3NO13/c1-52-40-30(47-42(51)43(44,45)46)33(32-29(56-40)24-55-39(58-32)28-20-12-5-13-21-28)59-41-36(57-37(49)27-18-10-4-11-19-27)34(53-22-25-14-6-2-7-15-25)31(48)35(60-41)38(50)54-23-26-16-8-3-9-17-26/h2-21,29-36,39-41,48H,22-24H2,1H3,(H,47,51)/t29-,30-,31+,32-,33-,34+,35+,36-,39?,40-,41-/m1/s1. The number of carbonyl (C=O) groups is 3. The van der Waals surface area contributed by atoms with Gasteiger partial charge in [-0.15, -0.1) is 0 Å². The summed E-state index contributed by atoms with van der Waals surface area (Å²) in [5.41, 5.74) is 2.20. The quantitative estimate of drug-likeness (QED) is 0.131. The van der Waals surface area contributed by atoms with Crippen molar-refractivity contribution in [1.82, 2.24) is 5.32 Å². The topological polar surface area (TPSA) is 167 Å². The second-order valence-corrected chi connectivity index (χ2v) is 16.3. The number of ether oxygens (including phenoxy) is 9. The molecule has 7 rings (SSSR count). The number of aliphatic hydroxyl groups excluding tert-OH is 1. The molecule has 3 saturated heterocycles. The molecular weight excluding hydrogens is 845 g/mol. The Bertz CT molecular complexity index is 2010. The lowest BCUT2D eigenvalue weighted by atomic mass is 9.94. The number of nitrogens with one attached hydrogen (secondary N) is 1. The van der Waals surface area contributed by atoms with Crippen molar-refractivity contribution in [1.29, 1.82) is 0 Å². The fourth-order valence-corrected chi connectivity index (χ4v) is 7.21. The van der Waals surface area contributed by atoms with E-state index in [0.29, 0.717) is 16.7 Å². The molecule has 0 spiro atoms. The molecular formula is C43H42Cl3NO13. The van der Waals surface area contributed by atoms with Crippen LogP contribution >= 0.6 is 34.8 Å². The van der Waals surface area contributed by atoms with E-state index in [9.17, 15) is 19.5 Å². The highest BCUT2D eigenvalue weighted by atomic mass is 35.6. The SMILES string of the molecule is CO[C@@H]1O[C@@H]2COC(c3ccccc3)O[C@H]2[C@H](O[C@@H]2O[C@H](C(=O)OCc3ccccc3)[C@@H](O)[C@H](OCc3ccccc3)[C@H]2OC(=O)c2ccccc2)[C@H]1NC(=O)C(Cl)(Cl)Cl. The van der Waals surface area contributed by atoms with Crippen LogP contribution in [0.4, 0.5) is 0 Å². The molecule has 17 heteroatoms. The van der Waals surface area contributed by atoms with Crippen LogP contribution in [0.5, 0.6) is 0 Å². The van der Waals surface area contributed by atoms with E-state index in [1.165, 1.54) is 19.2 Å². The molecule has 0 aromatic heterocycles. The van der Waals surface area contributed by atoms with E-state index in [2.05, 4.69) is 5.32 Å². The summed E-state index contributed by atoms with van der Waals surface area (Å²) < 4.78 is 53.2. The minimum Gasteiger partial charge on any atom is -0.459 e. The van der Waals surface area contributed by atoms with Gasteiger partial charge < -0.3 is 53.1 Å². The van der Waals surface area contributed by atoms with E-state index in [1.54, 1.807) is 78.9 Å². The average Bonchev–Trinajstić information content (AvgIpc) is 3.27. The third-order valence-corrected chi connectivity index (χ3v) is 10.5. The van der Waals surface area contributed by atoms with Crippen LogP contribution in [0.3, 0.4) is 0 Å². The number of hydrogen-bond donors (Lipinski definition) is 2. The highest BCUT2D eigenvalue weighted by Crippen LogP contribution is 2.39. The van der Waals surface area contributed by atoms with Crippen LogP contribution in [-0.4, -0.2) is 102 Å². The summed E-state index contributed by atoms with van der Waals surface area (Å²) in [6, 6.07) is 33.8. The Hall–Kier alpha value is -4.16. The van der Waals surface area contributed by atoms with Gasteiger partial charge in [0.1, 0.15) is 43.2 Å². The maximum absolute atomic E-state index is 13.9. The average molecular weight is 887 g/mol. The summed E-state index contributed by atoms with van der Waals surface area (Å²) in [7, 11) is 1.33. The first kappa shape index (κ1) is 43.9. The number of halogens is 3. The molecule has 1 amide bonds. The van der Waals surface area contributed by atoms with E-state index >= 15 is 0 Å². The van der Waals surface area contributed by atoms with Crippen molar-refractivity contribution < 1.29 is 62.1 Å². The van der Waals surface area contributed by atoms with Gasteiger partial charge in [-0.1, -0.05) is 144 Å². The predicted octanol–water partition coefficient (Wildman–Crippen LogP) is 5.35. The van der Waals surface area contributed by atoms with E-state index < -0.39 is 89.3 Å². The Balaban J connectivity index is 1.28. The summed E-state index contributed by atoms with van der Waals surface area (Å²) in [6.07, 6.45) is -13.8. The number of carbonyl (C=O) groups excluding carboxylic acids is 3. The van der Waals surface area contributed by atoms with Crippen molar-refractivity contribution in [3.63, 3.8) is 0 Å². The normalized spacial score (nSPS) is 29.1. The van der Waals surface area contributed by atoms with Crippen LogP contribution in [0.15, 0.2) is 121 Å². The van der Waals surface area contributed by atoms with Crippen LogP contribution in [0.25, 0.3) is 0 Å². The van der Waals surface area contributed by atoms with Gasteiger partial charge in [0.2, 0.25) is 0 Å². The van der Waals surface area contributed by atoms with Gasteiger partial charge in [-0.25, -0.2) is 9.59 Å². The van der Waals surface area contributed by atoms with Crippen molar-refractivity contribution >= 4 is 52.6 Å². The highest BCUT2D eigenvalue weighted by Gasteiger charge is 2.57. The Morgan fingerprint density at radius 1 is 0.750 bits per heavy atom. The third kappa shape index (κ3) is 10.6. The van der Waals surface area contributed by atoms with Crippen LogP contribution in [-0.2, 0) is 65.4 Å². The fourth-order valence-electron chi connectivity index (χ4n) is 7.04.